The number of benzene rings is 2. The predicted molar refractivity (Wildman–Crippen MR) is 98.7 cm³/mol. The third-order valence-electron chi connectivity index (χ3n) is 3.97. The highest BCUT2D eigenvalue weighted by Crippen LogP contribution is 2.22. The van der Waals surface area contributed by atoms with E-state index in [1.54, 1.807) is 13.3 Å². The number of carbonyl (C=O) groups is 1. The zero-order valence-electron chi connectivity index (χ0n) is 14.4. The Labute approximate surface area is 147 Å². The highest BCUT2D eigenvalue weighted by atomic mass is 16.5. The fourth-order valence-electron chi connectivity index (χ4n) is 2.71. The predicted octanol–water partition coefficient (Wildman–Crippen LogP) is 3.97. The molecule has 1 heterocycles. The normalized spacial score (nSPS) is 10.5. The molecule has 128 valence electrons. The number of methoxy groups -OCH3 is 1. The number of imidazole rings is 1. The number of rotatable bonds is 6. The topological polar surface area (TPSA) is 67.0 Å². The molecule has 0 spiro atoms. The SMILES string of the molecule is COc1ccccc1CCC(=O)Nc1cccc(-c2cnc(C)[nH]2)c1. The van der Waals surface area contributed by atoms with E-state index in [4.69, 9.17) is 4.74 Å². The van der Waals surface area contributed by atoms with Crippen molar-refractivity contribution in [3.05, 3.63) is 66.1 Å². The van der Waals surface area contributed by atoms with Gasteiger partial charge in [0.25, 0.3) is 0 Å². The van der Waals surface area contributed by atoms with Gasteiger partial charge in [0.1, 0.15) is 11.6 Å². The molecule has 0 saturated carbocycles. The lowest BCUT2D eigenvalue weighted by Gasteiger charge is -2.09. The van der Waals surface area contributed by atoms with Crippen LogP contribution >= 0.6 is 0 Å². The first-order valence-electron chi connectivity index (χ1n) is 8.19. The minimum atomic E-state index is -0.0242. The summed E-state index contributed by atoms with van der Waals surface area (Å²) < 4.78 is 5.32. The summed E-state index contributed by atoms with van der Waals surface area (Å²) in [6, 6.07) is 15.5. The van der Waals surface area contributed by atoms with E-state index in [9.17, 15) is 4.79 Å². The van der Waals surface area contributed by atoms with Crippen LogP contribution in [0.25, 0.3) is 11.3 Å². The minimum absolute atomic E-state index is 0.0242. The molecular weight excluding hydrogens is 314 g/mol. The highest BCUT2D eigenvalue weighted by Gasteiger charge is 2.08. The van der Waals surface area contributed by atoms with E-state index in [2.05, 4.69) is 15.3 Å². The van der Waals surface area contributed by atoms with Crippen LogP contribution in [0.3, 0.4) is 0 Å². The molecule has 0 bridgehead atoms. The first-order chi connectivity index (χ1) is 12.2. The molecule has 5 nitrogen and oxygen atoms in total. The number of hydrogen-bond acceptors (Lipinski definition) is 3. The van der Waals surface area contributed by atoms with Crippen molar-refractivity contribution in [2.24, 2.45) is 0 Å². The Morgan fingerprint density at radius 3 is 2.80 bits per heavy atom. The van der Waals surface area contributed by atoms with Gasteiger partial charge in [0.2, 0.25) is 5.91 Å². The third-order valence-corrected chi connectivity index (χ3v) is 3.97. The molecule has 0 fully saturated rings. The maximum Gasteiger partial charge on any atom is 0.224 e. The summed E-state index contributed by atoms with van der Waals surface area (Å²) in [6.45, 7) is 1.91. The second kappa shape index (κ2) is 7.66. The summed E-state index contributed by atoms with van der Waals surface area (Å²) in [7, 11) is 1.64. The quantitative estimate of drug-likeness (QED) is 0.716. The summed E-state index contributed by atoms with van der Waals surface area (Å²) in [5.74, 6) is 1.65. The Kier molecular flexibility index (Phi) is 5.14. The van der Waals surface area contributed by atoms with Crippen LogP contribution in [0.5, 0.6) is 5.75 Å². The monoisotopic (exact) mass is 335 g/mol. The van der Waals surface area contributed by atoms with Crippen LogP contribution < -0.4 is 10.1 Å². The second-order valence-electron chi connectivity index (χ2n) is 5.82. The molecule has 0 radical (unpaired) electrons. The van der Waals surface area contributed by atoms with E-state index in [1.165, 1.54) is 0 Å². The van der Waals surface area contributed by atoms with Crippen molar-refractivity contribution in [1.29, 1.82) is 0 Å². The smallest absolute Gasteiger partial charge is 0.224 e. The zero-order valence-corrected chi connectivity index (χ0v) is 14.4. The Balaban J connectivity index is 1.63. The summed E-state index contributed by atoms with van der Waals surface area (Å²) in [4.78, 5) is 19.7. The maximum absolute atomic E-state index is 12.3. The van der Waals surface area contributed by atoms with Gasteiger partial charge >= 0.3 is 0 Å². The van der Waals surface area contributed by atoms with Crippen LogP contribution in [0, 0.1) is 6.92 Å². The van der Waals surface area contributed by atoms with Gasteiger partial charge in [-0.25, -0.2) is 4.98 Å². The third kappa shape index (κ3) is 4.26. The van der Waals surface area contributed by atoms with Gasteiger partial charge in [0, 0.05) is 17.7 Å². The lowest BCUT2D eigenvalue weighted by atomic mass is 10.1. The number of aromatic amines is 1. The Morgan fingerprint density at radius 2 is 2.04 bits per heavy atom. The molecule has 3 aromatic rings. The van der Waals surface area contributed by atoms with Gasteiger partial charge in [0.05, 0.1) is 19.0 Å². The molecule has 3 rings (SSSR count). The molecule has 1 aromatic heterocycles. The van der Waals surface area contributed by atoms with E-state index in [0.29, 0.717) is 12.8 Å². The van der Waals surface area contributed by atoms with Crippen molar-refractivity contribution in [1.82, 2.24) is 9.97 Å². The fraction of sp³-hybridized carbons (Fsp3) is 0.200. The van der Waals surface area contributed by atoms with E-state index >= 15 is 0 Å². The van der Waals surface area contributed by atoms with E-state index in [0.717, 1.165) is 34.1 Å². The van der Waals surface area contributed by atoms with Crippen LogP contribution in [0.4, 0.5) is 5.69 Å². The summed E-state index contributed by atoms with van der Waals surface area (Å²) in [5, 5.41) is 2.95. The van der Waals surface area contributed by atoms with Gasteiger partial charge in [0.15, 0.2) is 0 Å². The number of aryl methyl sites for hydroxylation is 2. The molecule has 0 unspecified atom stereocenters. The zero-order chi connectivity index (χ0) is 17.6. The van der Waals surface area contributed by atoms with Gasteiger partial charge in [-0.1, -0.05) is 30.3 Å². The largest absolute Gasteiger partial charge is 0.496 e. The van der Waals surface area contributed by atoms with Crippen molar-refractivity contribution < 1.29 is 9.53 Å². The lowest BCUT2D eigenvalue weighted by Crippen LogP contribution is -2.12. The maximum atomic E-state index is 12.3. The van der Waals surface area contributed by atoms with E-state index in [-0.39, 0.29) is 5.91 Å². The van der Waals surface area contributed by atoms with E-state index in [1.807, 2.05) is 55.5 Å². The first-order valence-corrected chi connectivity index (χ1v) is 8.19. The average Bonchev–Trinajstić information content (AvgIpc) is 3.07. The number of nitrogens with zero attached hydrogens (tertiary/aromatic N) is 1. The van der Waals surface area contributed by atoms with Gasteiger partial charge in [-0.2, -0.15) is 0 Å². The van der Waals surface area contributed by atoms with Crippen molar-refractivity contribution >= 4 is 11.6 Å². The van der Waals surface area contributed by atoms with Crippen LogP contribution in [-0.2, 0) is 11.2 Å². The molecule has 5 heteroatoms. The van der Waals surface area contributed by atoms with Crippen molar-refractivity contribution in [3.8, 4) is 17.0 Å². The summed E-state index contributed by atoms with van der Waals surface area (Å²) in [6.07, 6.45) is 2.82. The molecule has 0 aliphatic heterocycles. The number of H-pyrrole nitrogens is 1. The number of hydrogen-bond donors (Lipinski definition) is 2. The second-order valence-corrected chi connectivity index (χ2v) is 5.82. The number of anilines is 1. The van der Waals surface area contributed by atoms with Gasteiger partial charge < -0.3 is 15.0 Å². The number of carbonyl (C=O) groups excluding carboxylic acids is 1. The number of ether oxygens (including phenoxy) is 1. The van der Waals surface area contributed by atoms with Crippen LogP contribution in [0.1, 0.15) is 17.8 Å². The van der Waals surface area contributed by atoms with Gasteiger partial charge in [-0.05, 0) is 37.1 Å². The fourth-order valence-corrected chi connectivity index (χ4v) is 2.71. The molecule has 0 atom stereocenters. The van der Waals surface area contributed by atoms with E-state index < -0.39 is 0 Å². The number of aromatic nitrogens is 2. The number of para-hydroxylation sites is 1. The van der Waals surface area contributed by atoms with Crippen molar-refractivity contribution in [3.63, 3.8) is 0 Å². The molecule has 2 N–H and O–H groups in total. The van der Waals surface area contributed by atoms with Gasteiger partial charge in [-0.15, -0.1) is 0 Å². The molecule has 0 saturated heterocycles. The van der Waals surface area contributed by atoms with Crippen LogP contribution in [0.15, 0.2) is 54.7 Å². The molecule has 25 heavy (non-hydrogen) atoms. The molecule has 0 aliphatic rings. The standard InChI is InChI=1S/C20H21N3O2/c1-14-21-13-18(22-14)16-7-5-8-17(12-16)23-20(24)11-10-15-6-3-4-9-19(15)25-2/h3-9,12-13H,10-11H2,1-2H3,(H,21,22)(H,23,24). The first kappa shape index (κ1) is 16.8. The number of amides is 1. The molecule has 2 aromatic carbocycles. The van der Waals surface area contributed by atoms with Crippen LogP contribution in [0.2, 0.25) is 0 Å². The Hall–Kier alpha value is -3.08. The van der Waals surface area contributed by atoms with Crippen LogP contribution in [-0.4, -0.2) is 23.0 Å². The minimum Gasteiger partial charge on any atom is -0.496 e. The average molecular weight is 335 g/mol. The highest BCUT2D eigenvalue weighted by molar-refractivity contribution is 5.91. The van der Waals surface area contributed by atoms with Gasteiger partial charge in [-0.3, -0.25) is 4.79 Å². The summed E-state index contributed by atoms with van der Waals surface area (Å²) in [5.41, 5.74) is 3.72. The Bertz CT molecular complexity index is 871. The number of nitrogens with one attached hydrogen (secondary N) is 2. The van der Waals surface area contributed by atoms with Crippen molar-refractivity contribution in [2.75, 3.05) is 12.4 Å². The molecule has 0 aliphatic carbocycles. The lowest BCUT2D eigenvalue weighted by molar-refractivity contribution is -0.116. The molecule has 1 amide bonds. The molecular formula is C20H21N3O2. The van der Waals surface area contributed by atoms with Crippen molar-refractivity contribution in [2.45, 2.75) is 19.8 Å². The Morgan fingerprint density at radius 1 is 1.20 bits per heavy atom. The summed E-state index contributed by atoms with van der Waals surface area (Å²) >= 11 is 0.